The monoisotopic (exact) mass is 432 g/mol. The van der Waals surface area contributed by atoms with Gasteiger partial charge >= 0.3 is 0 Å². The van der Waals surface area contributed by atoms with Crippen molar-refractivity contribution in [3.63, 3.8) is 0 Å². The summed E-state index contributed by atoms with van der Waals surface area (Å²) in [7, 11) is -5.02. The molecule has 0 atom stereocenters. The quantitative estimate of drug-likeness (QED) is 0.344. The molecular weight excluding hydrogens is 389 g/mol. The molecule has 0 aliphatic rings. The highest BCUT2D eigenvalue weighted by Crippen LogP contribution is 2.37. The zero-order valence-electron chi connectivity index (χ0n) is 20.6. The Morgan fingerprint density at radius 1 is 0.821 bits per heavy atom. The largest absolute Gasteiger partial charge is 0.413 e. The lowest BCUT2D eigenvalue weighted by molar-refractivity contribution is 0.276. The van der Waals surface area contributed by atoms with Crippen LogP contribution in [-0.4, -0.2) is 24.5 Å². The Bertz CT molecular complexity index is 685. The second-order valence-electron chi connectivity index (χ2n) is 11.4. The molecule has 0 spiro atoms. The van der Waals surface area contributed by atoms with Gasteiger partial charge in [0.25, 0.3) is 0 Å². The fourth-order valence-corrected chi connectivity index (χ4v) is 10.7. The van der Waals surface area contributed by atoms with Crippen molar-refractivity contribution in [1.29, 1.82) is 0 Å². The van der Waals surface area contributed by atoms with Gasteiger partial charge in [0.2, 0.25) is 0 Å². The molecule has 0 aliphatic carbocycles. The molecule has 0 bridgehead atoms. The third-order valence-corrected chi connectivity index (χ3v) is 17.4. The van der Waals surface area contributed by atoms with Crippen LogP contribution >= 0.6 is 0 Å². The third-order valence-electron chi connectivity index (χ3n) is 6.30. The average molecular weight is 433 g/mol. The number of hydrogen-bond donors (Lipinski definition) is 0. The molecule has 0 N–H and O–H groups in total. The van der Waals surface area contributed by atoms with Crippen molar-refractivity contribution < 1.29 is 4.43 Å². The lowest BCUT2D eigenvalue weighted by Gasteiger charge is -2.36. The zero-order valence-corrected chi connectivity index (χ0v) is 23.6. The van der Waals surface area contributed by atoms with Crippen LogP contribution in [0.5, 0.6) is 0 Å². The van der Waals surface area contributed by atoms with Crippen LogP contribution in [0.1, 0.15) is 54.0 Å². The Kier molecular flexibility index (Phi) is 8.21. The minimum Gasteiger partial charge on any atom is -0.413 e. The van der Waals surface area contributed by atoms with E-state index in [4.69, 9.17) is 4.43 Å². The summed E-state index contributed by atoms with van der Waals surface area (Å²) in [5.74, 6) is 0. The van der Waals surface area contributed by atoms with E-state index in [0.29, 0.717) is 11.1 Å². The number of benzene rings is 1. The molecule has 0 aliphatic heterocycles. The summed E-state index contributed by atoms with van der Waals surface area (Å²) in [5.41, 5.74) is 10.1. The van der Waals surface area contributed by atoms with Crippen LogP contribution in [-0.2, 0) is 11.0 Å². The molecule has 0 heterocycles. The number of rotatable bonds is 6. The highest BCUT2D eigenvalue weighted by Gasteiger charge is 2.41. The molecule has 0 saturated carbocycles. The van der Waals surface area contributed by atoms with Crippen LogP contribution < -0.4 is 5.19 Å². The van der Waals surface area contributed by atoms with Crippen molar-refractivity contribution in [2.75, 3.05) is 0 Å². The van der Waals surface area contributed by atoms with Gasteiger partial charge in [-0.3, -0.25) is 0 Å². The SMILES string of the molecule is CC(C)[Si](C#C[Si](C)(C)C)(c1ccc(CO[Si](C)(C)C(C)(C)C)cc1)C(C)C. The average Bonchev–Trinajstić information content (AvgIpc) is 2.52. The van der Waals surface area contributed by atoms with Gasteiger partial charge in [0.05, 0.1) is 6.61 Å². The van der Waals surface area contributed by atoms with Crippen molar-refractivity contribution in [2.45, 2.75) is 104 Å². The molecule has 1 rings (SSSR count). The van der Waals surface area contributed by atoms with Crippen molar-refractivity contribution in [3.8, 4) is 11.1 Å². The van der Waals surface area contributed by atoms with E-state index in [0.717, 1.165) is 6.61 Å². The highest BCUT2D eigenvalue weighted by molar-refractivity contribution is 7.01. The minimum atomic E-state index is -1.91. The second kappa shape index (κ2) is 9.04. The van der Waals surface area contributed by atoms with E-state index >= 15 is 0 Å². The minimum absolute atomic E-state index is 0.247. The lowest BCUT2D eigenvalue weighted by atomic mass is 10.2. The maximum absolute atomic E-state index is 6.42. The Morgan fingerprint density at radius 2 is 1.29 bits per heavy atom. The molecule has 4 heteroatoms. The second-order valence-corrected chi connectivity index (χ2v) is 25.9. The fraction of sp³-hybridized carbons (Fsp3) is 0.667. The molecule has 0 amide bonds. The normalized spacial score (nSPS) is 13.6. The van der Waals surface area contributed by atoms with Gasteiger partial charge in [-0.1, -0.05) is 92.4 Å². The van der Waals surface area contributed by atoms with Gasteiger partial charge in [-0.15, -0.1) is 11.1 Å². The summed E-state index contributed by atoms with van der Waals surface area (Å²) in [6, 6.07) is 9.28. The first kappa shape index (κ1) is 25.4. The number of hydrogen-bond acceptors (Lipinski definition) is 1. The van der Waals surface area contributed by atoms with Gasteiger partial charge in [-0.05, 0) is 40.0 Å². The van der Waals surface area contributed by atoms with Crippen LogP contribution in [0.4, 0.5) is 0 Å². The molecule has 0 saturated heterocycles. The molecule has 0 fully saturated rings. The fourth-order valence-electron chi connectivity index (χ4n) is 3.34. The maximum Gasteiger partial charge on any atom is 0.192 e. The smallest absolute Gasteiger partial charge is 0.192 e. The first-order chi connectivity index (χ1) is 12.5. The molecule has 0 radical (unpaired) electrons. The highest BCUT2D eigenvalue weighted by atomic mass is 28.4. The lowest BCUT2D eigenvalue weighted by Crippen LogP contribution is -2.52. The van der Waals surface area contributed by atoms with Crippen LogP contribution in [0.3, 0.4) is 0 Å². The summed E-state index contributed by atoms with van der Waals surface area (Å²) in [5, 5.41) is 1.73. The van der Waals surface area contributed by atoms with E-state index in [-0.39, 0.29) is 5.04 Å². The first-order valence-electron chi connectivity index (χ1n) is 10.8. The van der Waals surface area contributed by atoms with Gasteiger partial charge in [-0.2, -0.15) is 0 Å². The molecule has 0 aromatic heterocycles. The summed E-state index contributed by atoms with van der Waals surface area (Å²) in [6.07, 6.45) is 0. The van der Waals surface area contributed by atoms with E-state index < -0.39 is 24.5 Å². The molecule has 1 aromatic carbocycles. The first-order valence-corrected chi connectivity index (χ1v) is 19.4. The van der Waals surface area contributed by atoms with Gasteiger partial charge in [-0.25, -0.2) is 0 Å². The van der Waals surface area contributed by atoms with E-state index in [2.05, 4.69) is 117 Å². The zero-order chi connectivity index (χ0) is 22.0. The van der Waals surface area contributed by atoms with Crippen molar-refractivity contribution in [1.82, 2.24) is 0 Å². The van der Waals surface area contributed by atoms with Gasteiger partial charge in [0, 0.05) is 0 Å². The van der Waals surface area contributed by atoms with Gasteiger partial charge in [0.15, 0.2) is 16.4 Å². The summed E-state index contributed by atoms with van der Waals surface area (Å²) >= 11 is 0. The topological polar surface area (TPSA) is 9.23 Å². The van der Waals surface area contributed by atoms with Crippen molar-refractivity contribution in [3.05, 3.63) is 29.8 Å². The summed E-state index contributed by atoms with van der Waals surface area (Å²) in [6.45, 7) is 28.8. The molecule has 1 nitrogen and oxygen atoms in total. The van der Waals surface area contributed by atoms with Crippen molar-refractivity contribution >= 4 is 29.7 Å². The van der Waals surface area contributed by atoms with E-state index in [1.165, 1.54) is 10.8 Å². The summed E-state index contributed by atoms with van der Waals surface area (Å²) < 4.78 is 6.42. The van der Waals surface area contributed by atoms with E-state index in [9.17, 15) is 0 Å². The van der Waals surface area contributed by atoms with Gasteiger partial charge in [0.1, 0.15) is 8.07 Å². The van der Waals surface area contributed by atoms with E-state index in [1.807, 2.05) is 0 Å². The summed E-state index contributed by atoms with van der Waals surface area (Å²) in [4.78, 5) is 0. The molecule has 1 aromatic rings. The van der Waals surface area contributed by atoms with E-state index in [1.54, 1.807) is 0 Å². The van der Waals surface area contributed by atoms with Crippen LogP contribution in [0.25, 0.3) is 0 Å². The molecule has 158 valence electrons. The van der Waals surface area contributed by atoms with Crippen molar-refractivity contribution in [2.24, 2.45) is 0 Å². The Morgan fingerprint density at radius 3 is 1.64 bits per heavy atom. The molecule has 28 heavy (non-hydrogen) atoms. The maximum atomic E-state index is 6.42. The van der Waals surface area contributed by atoms with Gasteiger partial charge < -0.3 is 4.43 Å². The Labute approximate surface area is 178 Å². The molecular formula is C24H44OSi3. The van der Waals surface area contributed by atoms with Crippen LogP contribution in [0, 0.1) is 11.1 Å². The third kappa shape index (κ3) is 6.19. The van der Waals surface area contributed by atoms with Crippen LogP contribution in [0.2, 0.25) is 48.9 Å². The predicted molar refractivity (Wildman–Crippen MR) is 135 cm³/mol. The Balaban J connectivity index is 3.21. The Hall–Kier alpha value is -0.609. The standard InChI is InChI=1S/C24H44OSi3/c1-20(2)28(21(3)4,18-17-26(8,9)10)23-15-13-22(14-16-23)19-25-27(11,12)24(5,6)7/h13-16,20-21H,19H2,1-12H3. The van der Waals surface area contributed by atoms with Crippen LogP contribution in [0.15, 0.2) is 24.3 Å². The predicted octanol–water partition coefficient (Wildman–Crippen LogP) is 7.10. The molecule has 0 unspecified atom stereocenters.